The summed E-state index contributed by atoms with van der Waals surface area (Å²) in [7, 11) is 1.57. The van der Waals surface area contributed by atoms with Crippen molar-refractivity contribution >= 4 is 23.3 Å². The summed E-state index contributed by atoms with van der Waals surface area (Å²) < 4.78 is 14.0. The van der Waals surface area contributed by atoms with Crippen molar-refractivity contribution in [1.82, 2.24) is 9.88 Å². The molecule has 3 rings (SSSR count). The first kappa shape index (κ1) is 19.2. The minimum Gasteiger partial charge on any atom is -0.369 e. The minimum atomic E-state index is -0.840. The van der Waals surface area contributed by atoms with Crippen LogP contribution in [-0.2, 0) is 16.8 Å². The van der Waals surface area contributed by atoms with Crippen molar-refractivity contribution in [1.29, 1.82) is 0 Å². The highest BCUT2D eigenvalue weighted by Crippen LogP contribution is 2.33. The third-order valence-electron chi connectivity index (χ3n) is 4.71. The van der Waals surface area contributed by atoms with Crippen LogP contribution in [0.2, 0.25) is 0 Å². The summed E-state index contributed by atoms with van der Waals surface area (Å²) in [5.41, 5.74) is 6.11. The first-order valence-electron chi connectivity index (χ1n) is 8.51. The maximum atomic E-state index is 14.0. The minimum absolute atomic E-state index is 0.0337. The van der Waals surface area contributed by atoms with Crippen molar-refractivity contribution in [2.45, 2.75) is 25.3 Å². The Morgan fingerprint density at radius 2 is 2.18 bits per heavy atom. The predicted molar refractivity (Wildman–Crippen MR) is 101 cm³/mol. The number of hydrogen-bond acceptors (Lipinski definition) is 5. The molecule has 8 heteroatoms. The summed E-state index contributed by atoms with van der Waals surface area (Å²) in [6.45, 7) is 8.67. The lowest BCUT2D eigenvalue weighted by Crippen LogP contribution is -2.47. The van der Waals surface area contributed by atoms with E-state index in [2.05, 4.69) is 14.8 Å². The van der Waals surface area contributed by atoms with Crippen molar-refractivity contribution < 1.29 is 14.0 Å². The van der Waals surface area contributed by atoms with Crippen LogP contribution in [0.25, 0.3) is 4.85 Å². The van der Waals surface area contributed by atoms with Crippen LogP contribution in [0, 0.1) is 12.4 Å². The molecule has 0 fully saturated rings. The lowest BCUT2D eigenvalue weighted by Gasteiger charge is -2.33. The third-order valence-corrected chi connectivity index (χ3v) is 4.71. The topological polar surface area (TPSA) is 93.0 Å². The SMILES string of the molecule is [C-]#[N+]c1cnc(C(=O)Cc2cccc(C3(C)CC(=O)N(C)C(N)=N3)c2)c(F)c1. The molecule has 1 aliphatic rings. The van der Waals surface area contributed by atoms with E-state index >= 15 is 0 Å². The quantitative estimate of drug-likeness (QED) is 0.653. The highest BCUT2D eigenvalue weighted by Gasteiger charge is 2.36. The van der Waals surface area contributed by atoms with Gasteiger partial charge in [0, 0.05) is 19.7 Å². The van der Waals surface area contributed by atoms with Gasteiger partial charge in [-0.2, -0.15) is 0 Å². The van der Waals surface area contributed by atoms with Gasteiger partial charge in [-0.15, -0.1) is 0 Å². The van der Waals surface area contributed by atoms with Gasteiger partial charge < -0.3 is 5.73 Å². The molecule has 1 amide bonds. The molecule has 1 atom stereocenters. The molecule has 0 saturated heterocycles. The van der Waals surface area contributed by atoms with E-state index < -0.39 is 17.1 Å². The van der Waals surface area contributed by atoms with E-state index in [1.165, 1.54) is 11.1 Å². The Kier molecular flexibility index (Phi) is 4.92. The molecular weight excluding hydrogens is 361 g/mol. The van der Waals surface area contributed by atoms with Crippen molar-refractivity contribution in [3.05, 3.63) is 70.6 Å². The molecule has 7 nitrogen and oxygen atoms in total. The monoisotopic (exact) mass is 379 g/mol. The number of Topliss-reactive ketones (excluding diaryl/α,β-unsaturated/α-hetero) is 1. The Hall–Kier alpha value is -3.60. The van der Waals surface area contributed by atoms with Crippen LogP contribution >= 0.6 is 0 Å². The fourth-order valence-electron chi connectivity index (χ4n) is 3.05. The van der Waals surface area contributed by atoms with Crippen molar-refractivity contribution in [3.63, 3.8) is 0 Å². The number of halogens is 1. The molecule has 1 aromatic heterocycles. The van der Waals surface area contributed by atoms with E-state index in [1.807, 2.05) is 6.07 Å². The van der Waals surface area contributed by atoms with Gasteiger partial charge in [-0.1, -0.05) is 24.3 Å². The molecule has 1 unspecified atom stereocenters. The normalized spacial score (nSPS) is 19.1. The molecule has 142 valence electrons. The number of hydrogen-bond donors (Lipinski definition) is 1. The molecular formula is C20H18FN5O2. The van der Waals surface area contributed by atoms with Crippen LogP contribution in [0.3, 0.4) is 0 Å². The van der Waals surface area contributed by atoms with E-state index in [0.29, 0.717) is 5.56 Å². The maximum Gasteiger partial charge on any atom is 0.231 e. The number of carbonyl (C=O) groups excluding carboxylic acids is 2. The van der Waals surface area contributed by atoms with Crippen LogP contribution in [-0.4, -0.2) is 34.6 Å². The Labute approximate surface area is 161 Å². The van der Waals surface area contributed by atoms with Crippen LogP contribution in [0.5, 0.6) is 0 Å². The molecule has 0 saturated carbocycles. The number of aliphatic imine (C=N–C) groups is 1. The number of aromatic nitrogens is 1. The second kappa shape index (κ2) is 7.19. The molecule has 0 aliphatic carbocycles. The predicted octanol–water partition coefficient (Wildman–Crippen LogP) is 2.59. The van der Waals surface area contributed by atoms with E-state index in [1.54, 1.807) is 32.2 Å². The third kappa shape index (κ3) is 3.60. The van der Waals surface area contributed by atoms with Crippen LogP contribution in [0.1, 0.15) is 35.0 Å². The zero-order valence-corrected chi connectivity index (χ0v) is 15.4. The van der Waals surface area contributed by atoms with Gasteiger partial charge >= 0.3 is 0 Å². The summed E-state index contributed by atoms with van der Waals surface area (Å²) in [6, 6.07) is 8.06. The number of rotatable bonds is 4. The number of carbonyl (C=O) groups is 2. The number of amides is 1. The average Bonchev–Trinajstić information content (AvgIpc) is 2.66. The highest BCUT2D eigenvalue weighted by atomic mass is 19.1. The molecule has 1 aliphatic heterocycles. The molecule has 1 aromatic carbocycles. The Bertz CT molecular complexity index is 1040. The van der Waals surface area contributed by atoms with E-state index in [4.69, 9.17) is 12.3 Å². The Balaban J connectivity index is 1.87. The van der Waals surface area contributed by atoms with E-state index in [-0.39, 0.29) is 36.1 Å². The lowest BCUT2D eigenvalue weighted by atomic mass is 9.86. The lowest BCUT2D eigenvalue weighted by molar-refractivity contribution is -0.128. The standard InChI is InChI=1S/C20H18FN5O2/c1-20(10-17(28)26(3)19(22)25-20)13-6-4-5-12(7-13)8-16(27)18-15(21)9-14(23-2)11-24-18/h4-7,9,11H,8,10H2,1,3H3,(H2,22,25). The van der Waals surface area contributed by atoms with Crippen LogP contribution in [0.15, 0.2) is 41.5 Å². The smallest absolute Gasteiger partial charge is 0.231 e. The summed E-state index contributed by atoms with van der Waals surface area (Å²) in [5.74, 6) is -1.34. The second-order valence-corrected chi connectivity index (χ2v) is 6.81. The zero-order chi connectivity index (χ0) is 20.5. The van der Waals surface area contributed by atoms with E-state index in [0.717, 1.165) is 11.6 Å². The van der Waals surface area contributed by atoms with Gasteiger partial charge in [0.05, 0.1) is 18.5 Å². The number of nitrogens with zero attached hydrogens (tertiary/aromatic N) is 4. The van der Waals surface area contributed by atoms with Gasteiger partial charge in [0.25, 0.3) is 0 Å². The summed E-state index contributed by atoms with van der Waals surface area (Å²) in [6.07, 6.45) is 1.25. The first-order chi connectivity index (χ1) is 13.2. The second-order valence-electron chi connectivity index (χ2n) is 6.81. The van der Waals surface area contributed by atoms with Crippen molar-refractivity contribution in [2.75, 3.05) is 7.05 Å². The number of pyridine rings is 1. The number of ketones is 1. The fourth-order valence-corrected chi connectivity index (χ4v) is 3.05. The fraction of sp³-hybridized carbons (Fsp3) is 0.250. The summed E-state index contributed by atoms with van der Waals surface area (Å²) >= 11 is 0. The summed E-state index contributed by atoms with van der Waals surface area (Å²) in [5, 5.41) is 0. The molecule has 0 bridgehead atoms. The number of guanidine groups is 1. The van der Waals surface area contributed by atoms with Gasteiger partial charge in [0.2, 0.25) is 11.6 Å². The highest BCUT2D eigenvalue weighted by molar-refractivity contribution is 5.99. The van der Waals surface area contributed by atoms with E-state index in [9.17, 15) is 14.0 Å². The number of nitrogens with two attached hydrogens (primary N) is 1. The molecule has 28 heavy (non-hydrogen) atoms. The first-order valence-corrected chi connectivity index (χ1v) is 8.51. The van der Waals surface area contributed by atoms with Gasteiger partial charge in [0.1, 0.15) is 11.5 Å². The molecule has 0 spiro atoms. The molecule has 0 radical (unpaired) electrons. The Morgan fingerprint density at radius 1 is 1.43 bits per heavy atom. The Morgan fingerprint density at radius 3 is 2.82 bits per heavy atom. The largest absolute Gasteiger partial charge is 0.369 e. The van der Waals surface area contributed by atoms with Gasteiger partial charge in [-0.05, 0) is 24.1 Å². The zero-order valence-electron chi connectivity index (χ0n) is 15.4. The summed E-state index contributed by atoms with van der Waals surface area (Å²) in [4.78, 5) is 37.2. The molecule has 2 aromatic rings. The average molecular weight is 379 g/mol. The van der Waals surface area contributed by atoms with Gasteiger partial charge in [-0.3, -0.25) is 19.5 Å². The van der Waals surface area contributed by atoms with Crippen molar-refractivity contribution in [3.8, 4) is 0 Å². The number of benzene rings is 1. The van der Waals surface area contributed by atoms with Crippen LogP contribution < -0.4 is 5.73 Å². The molecule has 2 N–H and O–H groups in total. The van der Waals surface area contributed by atoms with Crippen molar-refractivity contribution in [2.24, 2.45) is 10.7 Å². The van der Waals surface area contributed by atoms with Gasteiger partial charge in [0.15, 0.2) is 11.7 Å². The van der Waals surface area contributed by atoms with Gasteiger partial charge in [-0.25, -0.2) is 14.2 Å². The maximum absolute atomic E-state index is 14.0. The van der Waals surface area contributed by atoms with Crippen LogP contribution in [0.4, 0.5) is 10.1 Å². The molecule has 2 heterocycles.